The molecule has 0 fully saturated rings. The van der Waals surface area contributed by atoms with Gasteiger partial charge in [0.05, 0.1) is 29.4 Å². The van der Waals surface area contributed by atoms with Gasteiger partial charge in [-0.15, -0.1) is 0 Å². The third-order valence-corrected chi connectivity index (χ3v) is 4.48. The van der Waals surface area contributed by atoms with Gasteiger partial charge in [0.15, 0.2) is 0 Å². The number of para-hydroxylation sites is 1. The minimum Gasteiger partial charge on any atom is -0.465 e. The van der Waals surface area contributed by atoms with Crippen LogP contribution in [0.1, 0.15) is 20.7 Å². The third kappa shape index (κ3) is 4.10. The molecular formula is C23H18N4O3. The molecule has 2 N–H and O–H groups in total. The number of nitrogens with one attached hydrogen (secondary N) is 2. The lowest BCUT2D eigenvalue weighted by molar-refractivity contribution is 0.0600. The Morgan fingerprint density at radius 2 is 1.63 bits per heavy atom. The van der Waals surface area contributed by atoms with E-state index in [9.17, 15) is 9.59 Å². The van der Waals surface area contributed by atoms with E-state index < -0.39 is 5.97 Å². The number of ether oxygens (including phenoxy) is 1. The second-order valence-electron chi connectivity index (χ2n) is 6.46. The Balaban J connectivity index is 1.45. The van der Waals surface area contributed by atoms with E-state index >= 15 is 0 Å². The van der Waals surface area contributed by atoms with Crippen molar-refractivity contribution in [3.8, 4) is 0 Å². The number of nitrogens with zero attached hydrogens (tertiary/aromatic N) is 2. The average Bonchev–Trinajstić information content (AvgIpc) is 2.80. The molecule has 0 aliphatic carbocycles. The Morgan fingerprint density at radius 1 is 0.867 bits per heavy atom. The molecular weight excluding hydrogens is 380 g/mol. The smallest absolute Gasteiger partial charge is 0.337 e. The summed E-state index contributed by atoms with van der Waals surface area (Å²) in [5.41, 5.74) is 3.02. The monoisotopic (exact) mass is 398 g/mol. The fraction of sp³-hybridized carbons (Fsp3) is 0.0435. The Kier molecular flexibility index (Phi) is 5.34. The highest BCUT2D eigenvalue weighted by Gasteiger charge is 2.10. The predicted molar refractivity (Wildman–Crippen MR) is 115 cm³/mol. The zero-order valence-corrected chi connectivity index (χ0v) is 16.1. The number of aromatic nitrogens is 2. The first-order chi connectivity index (χ1) is 14.6. The van der Waals surface area contributed by atoms with E-state index in [4.69, 9.17) is 0 Å². The molecule has 1 amide bonds. The Labute approximate surface area is 172 Å². The largest absolute Gasteiger partial charge is 0.465 e. The average molecular weight is 398 g/mol. The number of fused-ring (bicyclic) bond motifs is 1. The van der Waals surface area contributed by atoms with Crippen LogP contribution in [-0.2, 0) is 4.74 Å². The lowest BCUT2D eigenvalue weighted by atomic mass is 10.2. The van der Waals surface area contributed by atoms with Gasteiger partial charge in [-0.25, -0.2) is 9.78 Å². The number of carbonyl (C=O) groups excluding carboxylic acids is 2. The highest BCUT2D eigenvalue weighted by atomic mass is 16.5. The molecule has 0 aliphatic rings. The van der Waals surface area contributed by atoms with E-state index in [1.54, 1.807) is 42.6 Å². The van der Waals surface area contributed by atoms with Crippen LogP contribution in [0.25, 0.3) is 10.9 Å². The molecule has 0 saturated heterocycles. The van der Waals surface area contributed by atoms with Crippen LogP contribution < -0.4 is 10.6 Å². The highest BCUT2D eigenvalue weighted by molar-refractivity contribution is 6.08. The number of hydrogen-bond donors (Lipinski definition) is 2. The summed E-state index contributed by atoms with van der Waals surface area (Å²) >= 11 is 0. The summed E-state index contributed by atoms with van der Waals surface area (Å²) in [6, 6.07) is 19.6. The van der Waals surface area contributed by atoms with E-state index in [0.717, 1.165) is 16.6 Å². The molecule has 7 nitrogen and oxygen atoms in total. The zero-order chi connectivity index (χ0) is 20.9. The summed E-state index contributed by atoms with van der Waals surface area (Å²) in [6.07, 6.45) is 3.19. The number of hydrogen-bond acceptors (Lipinski definition) is 6. The minimum absolute atomic E-state index is 0.269. The van der Waals surface area contributed by atoms with Crippen molar-refractivity contribution in [1.29, 1.82) is 0 Å². The number of carbonyl (C=O) groups is 2. The Bertz CT molecular complexity index is 1200. The summed E-state index contributed by atoms with van der Waals surface area (Å²) in [6.45, 7) is 0. The van der Waals surface area contributed by atoms with Gasteiger partial charge in [-0.2, -0.15) is 0 Å². The first-order valence-corrected chi connectivity index (χ1v) is 9.20. The van der Waals surface area contributed by atoms with Crippen LogP contribution in [0.15, 0.2) is 79.1 Å². The molecule has 7 heteroatoms. The van der Waals surface area contributed by atoms with Crippen molar-refractivity contribution >= 4 is 40.0 Å². The van der Waals surface area contributed by atoms with Gasteiger partial charge in [0.1, 0.15) is 5.82 Å². The van der Waals surface area contributed by atoms with Crippen molar-refractivity contribution in [1.82, 2.24) is 9.97 Å². The topological polar surface area (TPSA) is 93.2 Å². The molecule has 30 heavy (non-hydrogen) atoms. The van der Waals surface area contributed by atoms with Crippen LogP contribution in [0.2, 0.25) is 0 Å². The van der Waals surface area contributed by atoms with Gasteiger partial charge in [0.2, 0.25) is 0 Å². The Morgan fingerprint density at radius 3 is 2.37 bits per heavy atom. The van der Waals surface area contributed by atoms with E-state index in [1.807, 2.05) is 30.3 Å². The van der Waals surface area contributed by atoms with Gasteiger partial charge < -0.3 is 15.4 Å². The van der Waals surface area contributed by atoms with E-state index in [1.165, 1.54) is 13.3 Å². The highest BCUT2D eigenvalue weighted by Crippen LogP contribution is 2.22. The molecule has 2 aromatic heterocycles. The number of benzene rings is 2. The summed E-state index contributed by atoms with van der Waals surface area (Å²) in [5.74, 6) is -0.0877. The maximum atomic E-state index is 12.6. The fourth-order valence-corrected chi connectivity index (χ4v) is 2.96. The van der Waals surface area contributed by atoms with Crippen LogP contribution in [0.3, 0.4) is 0 Å². The predicted octanol–water partition coefficient (Wildman–Crippen LogP) is 4.41. The SMILES string of the molecule is COC(=O)c1ccc(Nc2ccc(C(=O)Nc3cccc4cccnc34)cn2)cc1. The molecule has 0 saturated carbocycles. The second-order valence-corrected chi connectivity index (χ2v) is 6.46. The molecule has 4 rings (SSSR count). The fourth-order valence-electron chi connectivity index (χ4n) is 2.96. The zero-order valence-electron chi connectivity index (χ0n) is 16.1. The number of pyridine rings is 2. The Hall–Kier alpha value is -4.26. The van der Waals surface area contributed by atoms with Crippen molar-refractivity contribution in [2.75, 3.05) is 17.7 Å². The molecule has 0 unspecified atom stereocenters. The number of esters is 1. The standard InChI is InChI=1S/C23H18N4O3/c1-30-23(29)16-7-10-18(11-8-16)26-20-12-9-17(14-25-20)22(28)27-19-6-2-4-15-5-3-13-24-21(15)19/h2-14H,1H3,(H,25,26)(H,27,28). The van der Waals surface area contributed by atoms with Crippen LogP contribution >= 0.6 is 0 Å². The molecule has 148 valence electrons. The van der Waals surface area contributed by atoms with Crippen molar-refractivity contribution in [3.63, 3.8) is 0 Å². The molecule has 2 heterocycles. The summed E-state index contributed by atoms with van der Waals surface area (Å²) in [4.78, 5) is 32.7. The first-order valence-electron chi connectivity index (χ1n) is 9.20. The molecule has 0 atom stereocenters. The summed E-state index contributed by atoms with van der Waals surface area (Å²) in [5, 5.41) is 6.96. The van der Waals surface area contributed by atoms with Crippen LogP contribution in [0.4, 0.5) is 17.2 Å². The van der Waals surface area contributed by atoms with Gasteiger partial charge in [-0.05, 0) is 48.5 Å². The van der Waals surface area contributed by atoms with E-state index in [0.29, 0.717) is 22.6 Å². The van der Waals surface area contributed by atoms with Gasteiger partial charge >= 0.3 is 5.97 Å². The van der Waals surface area contributed by atoms with Gasteiger partial charge in [0, 0.05) is 23.5 Å². The van der Waals surface area contributed by atoms with Crippen LogP contribution in [0.5, 0.6) is 0 Å². The molecule has 2 aromatic carbocycles. The second kappa shape index (κ2) is 8.40. The maximum Gasteiger partial charge on any atom is 0.337 e. The van der Waals surface area contributed by atoms with Gasteiger partial charge in [0.25, 0.3) is 5.91 Å². The lowest BCUT2D eigenvalue weighted by Gasteiger charge is -2.09. The van der Waals surface area contributed by atoms with Crippen LogP contribution in [-0.4, -0.2) is 29.0 Å². The van der Waals surface area contributed by atoms with Gasteiger partial charge in [-0.3, -0.25) is 9.78 Å². The third-order valence-electron chi connectivity index (χ3n) is 4.48. The first kappa shape index (κ1) is 19.1. The van der Waals surface area contributed by atoms with E-state index in [-0.39, 0.29) is 5.91 Å². The van der Waals surface area contributed by atoms with E-state index in [2.05, 4.69) is 25.3 Å². The van der Waals surface area contributed by atoms with Crippen molar-refractivity contribution in [2.24, 2.45) is 0 Å². The lowest BCUT2D eigenvalue weighted by Crippen LogP contribution is -2.12. The number of amides is 1. The van der Waals surface area contributed by atoms with Crippen molar-refractivity contribution in [3.05, 3.63) is 90.3 Å². The van der Waals surface area contributed by atoms with Gasteiger partial charge in [-0.1, -0.05) is 18.2 Å². The molecule has 0 radical (unpaired) electrons. The van der Waals surface area contributed by atoms with Crippen LogP contribution in [0, 0.1) is 0 Å². The normalized spacial score (nSPS) is 10.4. The molecule has 0 bridgehead atoms. The van der Waals surface area contributed by atoms with Crippen molar-refractivity contribution in [2.45, 2.75) is 0 Å². The molecule has 0 aliphatic heterocycles. The number of methoxy groups -OCH3 is 1. The maximum absolute atomic E-state index is 12.6. The summed E-state index contributed by atoms with van der Waals surface area (Å²) in [7, 11) is 1.34. The number of anilines is 3. The number of rotatable bonds is 5. The molecule has 0 spiro atoms. The minimum atomic E-state index is -0.392. The van der Waals surface area contributed by atoms with Crippen molar-refractivity contribution < 1.29 is 14.3 Å². The summed E-state index contributed by atoms with van der Waals surface area (Å²) < 4.78 is 4.68. The quantitative estimate of drug-likeness (QED) is 0.484. The molecule has 4 aromatic rings.